The molecule has 0 aromatic heterocycles. The fraction of sp³-hybridized carbons (Fsp3) is 0.458. The third-order valence-corrected chi connectivity index (χ3v) is 7.14. The molecule has 2 aliphatic rings. The zero-order valence-corrected chi connectivity index (χ0v) is 19.4. The van der Waals surface area contributed by atoms with Crippen LogP contribution < -0.4 is 10.6 Å². The van der Waals surface area contributed by atoms with Crippen molar-refractivity contribution in [3.63, 3.8) is 0 Å². The largest absolute Gasteiger partial charge is 0.358 e. The first-order valence-corrected chi connectivity index (χ1v) is 12.0. The van der Waals surface area contributed by atoms with Crippen molar-refractivity contribution in [3.05, 3.63) is 64.1 Å². The lowest BCUT2D eigenvalue weighted by Gasteiger charge is -2.39. The Morgan fingerprint density at radius 2 is 1.73 bits per heavy atom. The average molecular weight is 462 g/mol. The van der Waals surface area contributed by atoms with Crippen LogP contribution in [-0.4, -0.2) is 35.2 Å². The minimum absolute atomic E-state index is 0.414. The monoisotopic (exact) mass is 461 g/mol. The zero-order chi connectivity index (χ0) is 20.9. The highest BCUT2D eigenvalue weighted by Gasteiger charge is 2.34. The Bertz CT molecular complexity index is 850. The van der Waals surface area contributed by atoms with Crippen LogP contribution in [0.4, 0.5) is 5.69 Å². The molecule has 2 aromatic carbocycles. The molecule has 0 amide bonds. The van der Waals surface area contributed by atoms with Gasteiger partial charge in [0.15, 0.2) is 5.11 Å². The Morgan fingerprint density at radius 1 is 0.967 bits per heavy atom. The van der Waals surface area contributed by atoms with Crippen molar-refractivity contribution in [2.45, 2.75) is 50.6 Å². The SMILES string of the molecule is S=C(Nc1cccc(Cl)c1)NC1CCCC1N1CCC(Cc2ccc(Cl)cc2)CC1. The second-order valence-corrected chi connectivity index (χ2v) is 9.80. The molecule has 1 saturated carbocycles. The standard InChI is InChI=1S/C24H29Cl2N3S/c25-19-9-7-17(8-10-19)15-18-11-13-29(14-12-18)23-6-2-5-22(23)28-24(30)27-21-4-1-3-20(26)16-21/h1,3-4,7-10,16,18,22-23H,2,5-6,11-15H2,(H2,27,28,30). The Hall–Kier alpha value is -1.33. The average Bonchev–Trinajstić information content (AvgIpc) is 3.18. The third-order valence-electron chi connectivity index (χ3n) is 6.43. The summed E-state index contributed by atoms with van der Waals surface area (Å²) in [6.45, 7) is 2.35. The van der Waals surface area contributed by atoms with Crippen molar-refractivity contribution in [2.24, 2.45) is 5.92 Å². The van der Waals surface area contributed by atoms with Gasteiger partial charge in [-0.15, -0.1) is 0 Å². The molecule has 30 heavy (non-hydrogen) atoms. The Kier molecular flexibility index (Phi) is 7.53. The summed E-state index contributed by atoms with van der Waals surface area (Å²) in [7, 11) is 0. The Labute approximate surface area is 195 Å². The number of rotatable bonds is 5. The van der Waals surface area contributed by atoms with Crippen LogP contribution in [0.25, 0.3) is 0 Å². The van der Waals surface area contributed by atoms with Gasteiger partial charge in [-0.25, -0.2) is 0 Å². The summed E-state index contributed by atoms with van der Waals surface area (Å²) in [4.78, 5) is 2.69. The first-order valence-electron chi connectivity index (χ1n) is 10.9. The molecular formula is C24H29Cl2N3S. The van der Waals surface area contributed by atoms with Gasteiger partial charge in [-0.3, -0.25) is 4.90 Å². The van der Waals surface area contributed by atoms with Crippen molar-refractivity contribution in [3.8, 4) is 0 Å². The Morgan fingerprint density at radius 3 is 2.47 bits per heavy atom. The van der Waals surface area contributed by atoms with Crippen molar-refractivity contribution < 1.29 is 0 Å². The van der Waals surface area contributed by atoms with E-state index in [0.29, 0.717) is 22.2 Å². The van der Waals surface area contributed by atoms with Crippen LogP contribution in [0, 0.1) is 5.92 Å². The molecule has 1 heterocycles. The number of piperidine rings is 1. The summed E-state index contributed by atoms with van der Waals surface area (Å²) in [5, 5.41) is 9.07. The van der Waals surface area contributed by atoms with Crippen molar-refractivity contribution in [1.29, 1.82) is 0 Å². The summed E-state index contributed by atoms with van der Waals surface area (Å²) in [6, 6.07) is 17.0. The maximum absolute atomic E-state index is 6.08. The molecule has 6 heteroatoms. The van der Waals surface area contributed by atoms with Crippen molar-refractivity contribution in [2.75, 3.05) is 18.4 Å². The first-order chi connectivity index (χ1) is 14.6. The van der Waals surface area contributed by atoms with Crippen LogP contribution in [0.15, 0.2) is 48.5 Å². The summed E-state index contributed by atoms with van der Waals surface area (Å²) < 4.78 is 0. The molecule has 2 aromatic rings. The van der Waals surface area contributed by atoms with E-state index >= 15 is 0 Å². The van der Waals surface area contributed by atoms with Crippen LogP contribution in [0.1, 0.15) is 37.7 Å². The van der Waals surface area contributed by atoms with Crippen LogP contribution in [0.5, 0.6) is 0 Å². The molecule has 0 spiro atoms. The van der Waals surface area contributed by atoms with E-state index < -0.39 is 0 Å². The minimum atomic E-state index is 0.414. The molecule has 2 fully saturated rings. The van der Waals surface area contributed by atoms with Gasteiger partial charge in [0.1, 0.15) is 0 Å². The number of hydrogen-bond acceptors (Lipinski definition) is 2. The minimum Gasteiger partial charge on any atom is -0.358 e. The second-order valence-electron chi connectivity index (χ2n) is 8.52. The molecule has 1 aliphatic carbocycles. The van der Waals surface area contributed by atoms with E-state index in [4.69, 9.17) is 35.4 Å². The van der Waals surface area contributed by atoms with E-state index in [1.165, 1.54) is 50.8 Å². The van der Waals surface area contributed by atoms with E-state index in [-0.39, 0.29) is 0 Å². The highest BCUT2D eigenvalue weighted by molar-refractivity contribution is 7.80. The summed E-state index contributed by atoms with van der Waals surface area (Å²) >= 11 is 17.7. The van der Waals surface area contributed by atoms with Gasteiger partial charge in [0, 0.05) is 27.8 Å². The van der Waals surface area contributed by atoms with Gasteiger partial charge in [-0.1, -0.05) is 41.4 Å². The molecule has 2 atom stereocenters. The number of likely N-dealkylation sites (tertiary alicyclic amines) is 1. The number of anilines is 1. The molecule has 2 unspecified atom stereocenters. The molecule has 0 bridgehead atoms. The lowest BCUT2D eigenvalue weighted by atomic mass is 9.89. The molecule has 1 saturated heterocycles. The molecule has 2 N–H and O–H groups in total. The Balaban J connectivity index is 1.26. The normalized spacial score (nSPS) is 22.7. The fourth-order valence-corrected chi connectivity index (χ4v) is 5.48. The van der Waals surface area contributed by atoms with E-state index in [1.54, 1.807) is 0 Å². The number of nitrogens with one attached hydrogen (secondary N) is 2. The third kappa shape index (κ3) is 5.88. The molecule has 1 aliphatic heterocycles. The number of thiocarbonyl (C=S) groups is 1. The van der Waals surface area contributed by atoms with Gasteiger partial charge in [-0.05, 0) is 106 Å². The molecule has 3 nitrogen and oxygen atoms in total. The summed E-state index contributed by atoms with van der Waals surface area (Å²) in [5.74, 6) is 0.765. The second kappa shape index (κ2) is 10.3. The summed E-state index contributed by atoms with van der Waals surface area (Å²) in [6.07, 6.45) is 7.36. The van der Waals surface area contributed by atoms with Crippen molar-refractivity contribution >= 4 is 46.2 Å². The lowest BCUT2D eigenvalue weighted by molar-refractivity contribution is 0.122. The predicted molar refractivity (Wildman–Crippen MR) is 132 cm³/mol. The van der Waals surface area contributed by atoms with Crippen LogP contribution >= 0.6 is 35.4 Å². The maximum Gasteiger partial charge on any atom is 0.171 e. The number of nitrogens with zero attached hydrogens (tertiary/aromatic N) is 1. The molecule has 4 rings (SSSR count). The molecule has 160 valence electrons. The first kappa shape index (κ1) is 21.9. The maximum atomic E-state index is 6.08. The van der Waals surface area contributed by atoms with Gasteiger partial charge in [0.25, 0.3) is 0 Å². The van der Waals surface area contributed by atoms with Gasteiger partial charge in [0.2, 0.25) is 0 Å². The van der Waals surface area contributed by atoms with E-state index in [2.05, 4.69) is 27.7 Å². The number of hydrogen-bond donors (Lipinski definition) is 2. The molecular weight excluding hydrogens is 433 g/mol. The van der Waals surface area contributed by atoms with Crippen LogP contribution in [0.2, 0.25) is 10.0 Å². The highest BCUT2D eigenvalue weighted by atomic mass is 35.5. The van der Waals surface area contributed by atoms with Gasteiger partial charge < -0.3 is 10.6 Å². The topological polar surface area (TPSA) is 27.3 Å². The predicted octanol–water partition coefficient (Wildman–Crippen LogP) is 6.16. The van der Waals surface area contributed by atoms with Crippen LogP contribution in [-0.2, 0) is 6.42 Å². The van der Waals surface area contributed by atoms with Gasteiger partial charge in [0.05, 0.1) is 0 Å². The van der Waals surface area contributed by atoms with Gasteiger partial charge >= 0.3 is 0 Å². The van der Waals surface area contributed by atoms with E-state index in [0.717, 1.165) is 23.0 Å². The number of halogens is 2. The van der Waals surface area contributed by atoms with Crippen molar-refractivity contribution in [1.82, 2.24) is 10.2 Å². The fourth-order valence-electron chi connectivity index (χ4n) is 4.89. The number of benzene rings is 2. The highest BCUT2D eigenvalue weighted by Crippen LogP contribution is 2.30. The summed E-state index contributed by atoms with van der Waals surface area (Å²) in [5.41, 5.74) is 2.33. The zero-order valence-electron chi connectivity index (χ0n) is 17.1. The van der Waals surface area contributed by atoms with E-state index in [9.17, 15) is 0 Å². The smallest absolute Gasteiger partial charge is 0.171 e. The van der Waals surface area contributed by atoms with E-state index in [1.807, 2.05) is 36.4 Å². The lowest BCUT2D eigenvalue weighted by Crippen LogP contribution is -2.51. The van der Waals surface area contributed by atoms with Crippen LogP contribution in [0.3, 0.4) is 0 Å². The van der Waals surface area contributed by atoms with Gasteiger partial charge in [-0.2, -0.15) is 0 Å². The quantitative estimate of drug-likeness (QED) is 0.521. The molecule has 0 radical (unpaired) electrons.